The lowest BCUT2D eigenvalue weighted by atomic mass is 10.2. The van der Waals surface area contributed by atoms with Crippen molar-refractivity contribution in [3.8, 4) is 27.7 Å². The highest BCUT2D eigenvalue weighted by molar-refractivity contribution is 7.13. The molecular weight excluding hydrogens is 322 g/mol. The van der Waals surface area contributed by atoms with Gasteiger partial charge in [-0.3, -0.25) is 4.68 Å². The van der Waals surface area contributed by atoms with Crippen molar-refractivity contribution in [3.63, 3.8) is 0 Å². The summed E-state index contributed by atoms with van der Waals surface area (Å²) in [7, 11) is 0. The summed E-state index contributed by atoms with van der Waals surface area (Å²) in [5, 5.41) is 11.2. The van der Waals surface area contributed by atoms with Crippen molar-refractivity contribution < 1.29 is 4.74 Å². The quantitative estimate of drug-likeness (QED) is 0.712. The highest BCUT2D eigenvalue weighted by Gasteiger charge is 2.13. The van der Waals surface area contributed by atoms with Crippen LogP contribution in [0.3, 0.4) is 0 Å². The second-order valence-corrected chi connectivity index (χ2v) is 6.54. The van der Waals surface area contributed by atoms with Gasteiger partial charge in [0, 0.05) is 11.4 Å². The van der Waals surface area contributed by atoms with E-state index in [2.05, 4.69) is 17.2 Å². The van der Waals surface area contributed by atoms with Gasteiger partial charge < -0.3 is 10.5 Å². The number of hydrogen-bond acceptors (Lipinski definition) is 6. The van der Waals surface area contributed by atoms with Crippen LogP contribution in [0.5, 0.6) is 5.75 Å². The second kappa shape index (κ2) is 7.55. The third-order valence-electron chi connectivity index (χ3n) is 3.36. The molecule has 2 heterocycles. The number of benzene rings is 1. The summed E-state index contributed by atoms with van der Waals surface area (Å²) in [6, 6.07) is 8.01. The van der Waals surface area contributed by atoms with Crippen molar-refractivity contribution in [1.82, 2.24) is 20.0 Å². The number of thiazole rings is 1. The fraction of sp³-hybridized carbons (Fsp3) is 0.353. The first kappa shape index (κ1) is 16.6. The van der Waals surface area contributed by atoms with Crippen LogP contribution in [0, 0.1) is 0 Å². The van der Waals surface area contributed by atoms with Crippen molar-refractivity contribution in [2.45, 2.75) is 32.9 Å². The van der Waals surface area contributed by atoms with Gasteiger partial charge in [0.15, 0.2) is 0 Å². The van der Waals surface area contributed by atoms with Gasteiger partial charge in [-0.1, -0.05) is 24.3 Å². The molecule has 0 amide bonds. The molecule has 0 unspecified atom stereocenters. The molecular formula is C17H21N5OS. The summed E-state index contributed by atoms with van der Waals surface area (Å²) in [6.45, 7) is 5.36. The van der Waals surface area contributed by atoms with Crippen LogP contribution >= 0.6 is 11.3 Å². The Hall–Kier alpha value is -2.25. The number of ether oxygens (including phenoxy) is 1. The van der Waals surface area contributed by atoms with Crippen LogP contribution in [0.1, 0.15) is 20.3 Å². The average molecular weight is 343 g/mol. The minimum atomic E-state index is 0.0353. The Balaban J connectivity index is 1.84. The van der Waals surface area contributed by atoms with E-state index in [1.54, 1.807) is 16.0 Å². The number of hydrogen-bond donors (Lipinski definition) is 1. The zero-order chi connectivity index (χ0) is 16.9. The number of rotatable bonds is 7. The fourth-order valence-electron chi connectivity index (χ4n) is 2.30. The van der Waals surface area contributed by atoms with Crippen LogP contribution in [0.25, 0.3) is 22.0 Å². The molecule has 0 saturated heterocycles. The van der Waals surface area contributed by atoms with Gasteiger partial charge in [-0.2, -0.15) is 0 Å². The molecule has 3 aromatic rings. The lowest BCUT2D eigenvalue weighted by Crippen LogP contribution is -2.22. The van der Waals surface area contributed by atoms with Gasteiger partial charge in [0.2, 0.25) is 0 Å². The first-order valence-electron chi connectivity index (χ1n) is 8.01. The van der Waals surface area contributed by atoms with Crippen LogP contribution in [0.15, 0.2) is 35.8 Å². The van der Waals surface area contributed by atoms with E-state index in [0.29, 0.717) is 13.2 Å². The monoisotopic (exact) mass is 343 g/mol. The van der Waals surface area contributed by atoms with Crippen LogP contribution in [-0.2, 0) is 6.54 Å². The van der Waals surface area contributed by atoms with E-state index in [9.17, 15) is 0 Å². The number of nitrogens with two attached hydrogens (primary N) is 1. The molecule has 1 atom stereocenters. The highest BCUT2D eigenvalue weighted by atomic mass is 32.1. The van der Waals surface area contributed by atoms with Gasteiger partial charge in [-0.15, -0.1) is 16.4 Å². The number of aromatic nitrogens is 4. The third kappa shape index (κ3) is 3.80. The zero-order valence-corrected chi connectivity index (χ0v) is 14.7. The second-order valence-electron chi connectivity index (χ2n) is 5.69. The normalized spacial score (nSPS) is 12.3. The number of para-hydroxylation sites is 1. The molecule has 24 heavy (non-hydrogen) atoms. The van der Waals surface area contributed by atoms with Gasteiger partial charge in [-0.25, -0.2) is 4.98 Å². The van der Waals surface area contributed by atoms with E-state index >= 15 is 0 Å². The molecule has 0 aliphatic heterocycles. The Morgan fingerprint density at radius 1 is 1.29 bits per heavy atom. The third-order valence-corrected chi connectivity index (χ3v) is 4.24. The Morgan fingerprint density at radius 2 is 2.12 bits per heavy atom. The Labute approximate surface area is 145 Å². The van der Waals surface area contributed by atoms with Crippen molar-refractivity contribution in [2.24, 2.45) is 5.73 Å². The largest absolute Gasteiger partial charge is 0.493 e. The zero-order valence-electron chi connectivity index (χ0n) is 13.8. The Kier molecular flexibility index (Phi) is 5.22. The van der Waals surface area contributed by atoms with E-state index < -0.39 is 0 Å². The lowest BCUT2D eigenvalue weighted by Gasteiger charge is -2.08. The molecule has 6 nitrogen and oxygen atoms in total. The predicted molar refractivity (Wildman–Crippen MR) is 96.0 cm³/mol. The molecule has 2 aromatic heterocycles. The molecule has 0 aliphatic rings. The molecule has 0 saturated carbocycles. The Bertz CT molecular complexity index is 796. The van der Waals surface area contributed by atoms with Crippen molar-refractivity contribution >= 4 is 11.3 Å². The molecule has 126 valence electrons. The van der Waals surface area contributed by atoms with Crippen LogP contribution in [-0.4, -0.2) is 32.6 Å². The predicted octanol–water partition coefficient (Wildman–Crippen LogP) is 3.20. The first-order valence-corrected chi connectivity index (χ1v) is 8.89. The molecule has 0 fully saturated rings. The van der Waals surface area contributed by atoms with E-state index in [-0.39, 0.29) is 6.04 Å². The van der Waals surface area contributed by atoms with Gasteiger partial charge in [0.05, 0.1) is 24.9 Å². The van der Waals surface area contributed by atoms with Crippen LogP contribution < -0.4 is 10.5 Å². The topological polar surface area (TPSA) is 78.9 Å². The standard InChI is InChI=1S/C17H21N5OS/c1-3-8-23-16-7-5-4-6-13(16)17-19-15(11-24-17)14-10-22(21-20-14)9-12(2)18/h4-7,10-12H,3,8-9,18H2,1-2H3/t12-/m1/s1. The molecule has 3 rings (SSSR count). The summed E-state index contributed by atoms with van der Waals surface area (Å²) >= 11 is 1.58. The fourth-order valence-corrected chi connectivity index (χ4v) is 3.14. The summed E-state index contributed by atoms with van der Waals surface area (Å²) in [4.78, 5) is 4.70. The van der Waals surface area contributed by atoms with Gasteiger partial charge in [0.25, 0.3) is 0 Å². The molecule has 1 aromatic carbocycles. The summed E-state index contributed by atoms with van der Waals surface area (Å²) in [6.07, 6.45) is 2.85. The van der Waals surface area contributed by atoms with Gasteiger partial charge >= 0.3 is 0 Å². The summed E-state index contributed by atoms with van der Waals surface area (Å²) in [5.41, 5.74) is 8.37. The van der Waals surface area contributed by atoms with Crippen molar-refractivity contribution in [1.29, 1.82) is 0 Å². The minimum absolute atomic E-state index is 0.0353. The molecule has 0 radical (unpaired) electrons. The van der Waals surface area contributed by atoms with E-state index in [1.165, 1.54) is 0 Å². The lowest BCUT2D eigenvalue weighted by molar-refractivity contribution is 0.318. The summed E-state index contributed by atoms with van der Waals surface area (Å²) in [5.74, 6) is 0.862. The minimum Gasteiger partial charge on any atom is -0.493 e. The SMILES string of the molecule is CCCOc1ccccc1-c1nc(-c2cn(C[C@@H](C)N)nn2)cs1. The molecule has 0 bridgehead atoms. The molecule has 0 spiro atoms. The van der Waals surface area contributed by atoms with Crippen LogP contribution in [0.4, 0.5) is 0 Å². The number of nitrogens with zero attached hydrogens (tertiary/aromatic N) is 4. The average Bonchev–Trinajstić information content (AvgIpc) is 3.21. The highest BCUT2D eigenvalue weighted by Crippen LogP contribution is 2.34. The maximum absolute atomic E-state index is 5.82. The van der Waals surface area contributed by atoms with E-state index in [0.717, 1.165) is 34.1 Å². The molecule has 0 aliphatic carbocycles. The Morgan fingerprint density at radius 3 is 2.92 bits per heavy atom. The summed E-state index contributed by atoms with van der Waals surface area (Å²) < 4.78 is 7.57. The first-order chi connectivity index (χ1) is 11.7. The van der Waals surface area contributed by atoms with E-state index in [4.69, 9.17) is 15.5 Å². The van der Waals surface area contributed by atoms with Gasteiger partial charge in [0.1, 0.15) is 22.1 Å². The van der Waals surface area contributed by atoms with E-state index in [1.807, 2.05) is 42.8 Å². The van der Waals surface area contributed by atoms with Crippen molar-refractivity contribution in [2.75, 3.05) is 6.61 Å². The van der Waals surface area contributed by atoms with Crippen LogP contribution in [0.2, 0.25) is 0 Å². The van der Waals surface area contributed by atoms with Crippen molar-refractivity contribution in [3.05, 3.63) is 35.8 Å². The smallest absolute Gasteiger partial charge is 0.132 e. The molecule has 2 N–H and O–H groups in total. The van der Waals surface area contributed by atoms with Gasteiger partial charge in [-0.05, 0) is 25.5 Å². The maximum Gasteiger partial charge on any atom is 0.132 e. The maximum atomic E-state index is 5.82. The molecule has 7 heteroatoms.